The van der Waals surface area contributed by atoms with Gasteiger partial charge in [-0.05, 0) is 6.92 Å². The summed E-state index contributed by atoms with van der Waals surface area (Å²) in [6.45, 7) is -0.353. The molecule has 0 radical (unpaired) electrons. The van der Waals surface area contributed by atoms with Crippen molar-refractivity contribution in [2.75, 3.05) is 13.1 Å². The summed E-state index contributed by atoms with van der Waals surface area (Å²) in [5.74, 6) is -3.91. The summed E-state index contributed by atoms with van der Waals surface area (Å²) >= 11 is 0. The van der Waals surface area contributed by atoms with Gasteiger partial charge in [0, 0.05) is 7.05 Å². The van der Waals surface area contributed by atoms with E-state index >= 15 is 0 Å². The van der Waals surface area contributed by atoms with Crippen molar-refractivity contribution < 1.29 is 18.0 Å². The number of nitrogens with one attached hydrogen (secondary N) is 1. The van der Waals surface area contributed by atoms with Crippen molar-refractivity contribution in [2.24, 2.45) is 12.8 Å². The van der Waals surface area contributed by atoms with E-state index in [0.29, 0.717) is 0 Å². The highest BCUT2D eigenvalue weighted by molar-refractivity contribution is 6.06. The maximum absolute atomic E-state index is 13.1. The molecule has 0 atom stereocenters. The minimum absolute atomic E-state index is 0.00802. The van der Waals surface area contributed by atoms with Gasteiger partial charge in [-0.1, -0.05) is 0 Å². The molecule has 0 aliphatic carbocycles. The number of hydrogen-bond donors (Lipinski definition) is 2. The van der Waals surface area contributed by atoms with Crippen LogP contribution in [0.5, 0.6) is 0 Å². The third-order valence-corrected chi connectivity index (χ3v) is 2.98. The molecule has 0 aliphatic heterocycles. The number of carbonyl (C=O) groups excluding carboxylic acids is 1. The Kier molecular flexibility index (Phi) is 3.77. The van der Waals surface area contributed by atoms with E-state index < -0.39 is 30.5 Å². The van der Waals surface area contributed by atoms with Crippen LogP contribution in [0.4, 0.5) is 8.78 Å². The quantitative estimate of drug-likeness (QED) is 0.837. The van der Waals surface area contributed by atoms with Gasteiger partial charge in [0.15, 0.2) is 0 Å². The van der Waals surface area contributed by atoms with E-state index in [1.165, 1.54) is 24.9 Å². The predicted octanol–water partition coefficient (Wildman–Crippen LogP) is 0.159. The van der Waals surface area contributed by atoms with Crippen molar-refractivity contribution in [2.45, 2.75) is 12.8 Å². The Morgan fingerprint density at radius 2 is 2.24 bits per heavy atom. The van der Waals surface area contributed by atoms with Crippen LogP contribution in [0.3, 0.4) is 0 Å². The lowest BCUT2D eigenvalue weighted by Gasteiger charge is -2.14. The van der Waals surface area contributed by atoms with Crippen LogP contribution in [-0.2, 0) is 7.05 Å². The highest BCUT2D eigenvalue weighted by atomic mass is 19.3. The van der Waals surface area contributed by atoms with E-state index in [1.807, 2.05) is 0 Å². The molecular weight excluding hydrogens is 286 g/mol. The molecule has 114 valence electrons. The van der Waals surface area contributed by atoms with Crippen LogP contribution in [0.2, 0.25) is 0 Å². The smallest absolute Gasteiger partial charge is 0.277 e. The zero-order valence-corrected chi connectivity index (χ0v) is 11.4. The number of rotatable bonds is 4. The second-order valence-electron chi connectivity index (χ2n) is 4.62. The second kappa shape index (κ2) is 5.24. The number of nitrogens with zero attached hydrogens (tertiary/aromatic N) is 2. The fraction of sp³-hybridized carbons (Fsp3) is 0.417. The largest absolute Gasteiger partial charge is 0.442 e. The molecule has 2 aromatic rings. The molecule has 0 aliphatic rings. The number of alkyl halides is 2. The van der Waals surface area contributed by atoms with Crippen molar-refractivity contribution in [3.8, 4) is 0 Å². The SMILES string of the molecule is Cc1oc2ncn(C)c(=O)c2c1C(=O)NCC(F)(F)CN. The highest BCUT2D eigenvalue weighted by Gasteiger charge is 2.29. The molecule has 0 unspecified atom stereocenters. The van der Waals surface area contributed by atoms with Crippen molar-refractivity contribution in [1.29, 1.82) is 0 Å². The molecule has 2 heterocycles. The van der Waals surface area contributed by atoms with Crippen LogP contribution < -0.4 is 16.6 Å². The van der Waals surface area contributed by atoms with Crippen molar-refractivity contribution in [1.82, 2.24) is 14.9 Å². The number of halogens is 2. The second-order valence-corrected chi connectivity index (χ2v) is 4.62. The van der Waals surface area contributed by atoms with Gasteiger partial charge in [-0.25, -0.2) is 13.8 Å². The number of furan rings is 1. The van der Waals surface area contributed by atoms with E-state index in [2.05, 4.69) is 10.3 Å². The Morgan fingerprint density at radius 3 is 2.86 bits per heavy atom. The molecule has 1 amide bonds. The van der Waals surface area contributed by atoms with Crippen LogP contribution in [-0.4, -0.2) is 34.5 Å². The lowest BCUT2D eigenvalue weighted by molar-refractivity contribution is 0.0118. The van der Waals surface area contributed by atoms with E-state index in [0.717, 1.165) is 0 Å². The summed E-state index contributed by atoms with van der Waals surface area (Å²) < 4.78 is 32.5. The minimum Gasteiger partial charge on any atom is -0.442 e. The summed E-state index contributed by atoms with van der Waals surface area (Å²) in [6.07, 6.45) is 1.25. The van der Waals surface area contributed by atoms with Crippen molar-refractivity contribution in [3.05, 3.63) is 28.0 Å². The van der Waals surface area contributed by atoms with Crippen molar-refractivity contribution in [3.63, 3.8) is 0 Å². The number of nitrogens with two attached hydrogens (primary N) is 1. The Morgan fingerprint density at radius 1 is 1.57 bits per heavy atom. The Bertz CT molecular complexity index is 751. The lowest BCUT2D eigenvalue weighted by Crippen LogP contribution is -2.41. The van der Waals surface area contributed by atoms with E-state index in [9.17, 15) is 18.4 Å². The topological polar surface area (TPSA) is 103 Å². The summed E-state index contributed by atoms with van der Waals surface area (Å²) in [6, 6.07) is 0. The molecule has 0 aromatic carbocycles. The van der Waals surface area contributed by atoms with Crippen LogP contribution in [0.1, 0.15) is 16.1 Å². The number of fused-ring (bicyclic) bond motifs is 1. The van der Waals surface area contributed by atoms with Gasteiger partial charge in [0.25, 0.3) is 17.4 Å². The maximum Gasteiger partial charge on any atom is 0.277 e. The molecule has 2 aromatic heterocycles. The molecule has 9 heteroatoms. The van der Waals surface area contributed by atoms with Crippen molar-refractivity contribution >= 4 is 17.0 Å². The zero-order chi connectivity index (χ0) is 15.8. The predicted molar refractivity (Wildman–Crippen MR) is 70.3 cm³/mol. The molecule has 0 saturated carbocycles. The average molecular weight is 300 g/mol. The Labute approximate surface area is 117 Å². The first-order chi connectivity index (χ1) is 9.76. The van der Waals surface area contributed by atoms with Gasteiger partial charge in [0.1, 0.15) is 17.5 Å². The van der Waals surface area contributed by atoms with Crippen LogP contribution in [0, 0.1) is 6.92 Å². The Hall–Kier alpha value is -2.29. The third kappa shape index (κ3) is 2.77. The highest BCUT2D eigenvalue weighted by Crippen LogP contribution is 2.21. The first-order valence-corrected chi connectivity index (χ1v) is 6.07. The lowest BCUT2D eigenvalue weighted by atomic mass is 10.1. The molecule has 0 fully saturated rings. The van der Waals surface area contributed by atoms with Gasteiger partial charge >= 0.3 is 0 Å². The van der Waals surface area contributed by atoms with E-state index in [4.69, 9.17) is 10.2 Å². The van der Waals surface area contributed by atoms with Crippen LogP contribution >= 0.6 is 0 Å². The molecule has 0 spiro atoms. The van der Waals surface area contributed by atoms with E-state index in [1.54, 1.807) is 0 Å². The molecule has 0 saturated heterocycles. The fourth-order valence-electron chi connectivity index (χ4n) is 1.83. The van der Waals surface area contributed by atoms with Gasteiger partial charge in [0.2, 0.25) is 5.71 Å². The first kappa shape index (κ1) is 15.1. The van der Waals surface area contributed by atoms with Crippen LogP contribution in [0.25, 0.3) is 11.1 Å². The molecule has 21 heavy (non-hydrogen) atoms. The normalized spacial score (nSPS) is 11.9. The molecular formula is C12H14F2N4O3. The number of hydrogen-bond acceptors (Lipinski definition) is 5. The third-order valence-electron chi connectivity index (χ3n) is 2.98. The summed E-state index contributed by atoms with van der Waals surface area (Å²) in [7, 11) is 1.46. The number of carbonyl (C=O) groups is 1. The number of amides is 1. The minimum atomic E-state index is -3.22. The average Bonchev–Trinajstić information content (AvgIpc) is 2.77. The fourth-order valence-corrected chi connectivity index (χ4v) is 1.83. The van der Waals surface area contributed by atoms with Gasteiger partial charge in [0.05, 0.1) is 18.7 Å². The number of aryl methyl sites for hydroxylation is 2. The molecule has 3 N–H and O–H groups in total. The number of aromatic nitrogens is 2. The van der Waals surface area contributed by atoms with Gasteiger partial charge in [-0.2, -0.15) is 0 Å². The standard InChI is InChI=1S/C12H14F2N4O3/c1-6-7(9(19)16-4-12(13,14)3-15)8-10(21-6)17-5-18(2)11(8)20/h5H,3-4,15H2,1-2H3,(H,16,19). The summed E-state index contributed by atoms with van der Waals surface area (Å²) in [5, 5.41) is 2.02. The van der Waals surface area contributed by atoms with E-state index in [-0.39, 0.29) is 22.4 Å². The van der Waals surface area contributed by atoms with Gasteiger partial charge in [-0.3, -0.25) is 9.59 Å². The summed E-state index contributed by atoms with van der Waals surface area (Å²) in [4.78, 5) is 28.0. The maximum atomic E-state index is 13.1. The molecule has 2 rings (SSSR count). The monoisotopic (exact) mass is 300 g/mol. The van der Waals surface area contributed by atoms with Gasteiger partial charge < -0.3 is 20.0 Å². The van der Waals surface area contributed by atoms with Gasteiger partial charge in [-0.15, -0.1) is 0 Å². The zero-order valence-electron chi connectivity index (χ0n) is 11.4. The molecule has 0 bridgehead atoms. The first-order valence-electron chi connectivity index (χ1n) is 6.07. The molecule has 7 nitrogen and oxygen atoms in total. The summed E-state index contributed by atoms with van der Waals surface area (Å²) in [5.41, 5.74) is 4.30. The Balaban J connectivity index is 2.42. The van der Waals surface area contributed by atoms with Crippen LogP contribution in [0.15, 0.2) is 15.5 Å².